The van der Waals surface area contributed by atoms with Gasteiger partial charge in [0.25, 0.3) is 0 Å². The van der Waals surface area contributed by atoms with Gasteiger partial charge in [-0.2, -0.15) is 5.10 Å². The lowest BCUT2D eigenvalue weighted by molar-refractivity contribution is 0.629. The van der Waals surface area contributed by atoms with Crippen molar-refractivity contribution in [2.24, 2.45) is 12.8 Å². The largest absolute Gasteiger partial charge is 0.375 e. The second-order valence-corrected chi connectivity index (χ2v) is 7.46. The van der Waals surface area contributed by atoms with Crippen LogP contribution in [0.25, 0.3) is 38.9 Å². The summed E-state index contributed by atoms with van der Waals surface area (Å²) >= 11 is 4.92. The Balaban J connectivity index is 0.00000245. The second kappa shape index (κ2) is 7.88. The van der Waals surface area contributed by atoms with E-state index >= 15 is 0 Å². The predicted molar refractivity (Wildman–Crippen MR) is 128 cm³/mol. The third-order valence-corrected chi connectivity index (χ3v) is 5.17. The first-order chi connectivity index (χ1) is 14.8. The zero-order valence-electron chi connectivity index (χ0n) is 16.5. The highest BCUT2D eigenvalue weighted by Crippen LogP contribution is 2.32. The fraction of sp³-hybridized carbons (Fsp3) is 0.0500. The lowest BCUT2D eigenvalue weighted by Crippen LogP contribution is -2.27. The number of halogens is 3. The monoisotopic (exact) mass is 519 g/mol. The van der Waals surface area contributed by atoms with Crippen molar-refractivity contribution in [1.82, 2.24) is 24.0 Å². The maximum Gasteiger partial charge on any atom is 0.348 e. The molecular weight excluding hydrogens is 504 g/mol. The predicted octanol–water partition coefficient (Wildman–Crippen LogP) is 3.32. The molecule has 0 unspecified atom stereocenters. The Kier molecular flexibility index (Phi) is 5.34. The van der Waals surface area contributed by atoms with Crippen molar-refractivity contribution in [3.05, 3.63) is 70.9 Å². The topological polar surface area (TPSA) is 98.6 Å². The highest BCUT2D eigenvalue weighted by Gasteiger charge is 2.21. The van der Waals surface area contributed by atoms with Crippen molar-refractivity contribution in [2.45, 2.75) is 0 Å². The van der Waals surface area contributed by atoms with Crippen molar-refractivity contribution in [1.29, 1.82) is 0 Å². The fourth-order valence-electron chi connectivity index (χ4n) is 3.82. The van der Waals surface area contributed by atoms with E-state index in [0.717, 1.165) is 5.52 Å². The molecule has 3 aromatic heterocycles. The number of aromatic amines is 1. The van der Waals surface area contributed by atoms with E-state index in [2.05, 4.69) is 15.6 Å². The smallest absolute Gasteiger partial charge is 0.348 e. The van der Waals surface area contributed by atoms with Crippen LogP contribution in [0.3, 0.4) is 0 Å². The summed E-state index contributed by atoms with van der Waals surface area (Å²) in [4.78, 5) is 12.8. The minimum atomic E-state index is -0.540. The molecule has 8 nitrogen and oxygen atoms in total. The van der Waals surface area contributed by atoms with Gasteiger partial charge in [0.2, 0.25) is 0 Å². The van der Waals surface area contributed by atoms with Crippen LogP contribution in [0.15, 0.2) is 53.6 Å². The first-order valence-electron chi connectivity index (χ1n) is 9.13. The van der Waals surface area contributed by atoms with Gasteiger partial charge in [0.15, 0.2) is 10.9 Å². The molecular formula is C20H16BrF2N7OS. The van der Waals surface area contributed by atoms with Crippen LogP contribution < -0.4 is 16.8 Å². The van der Waals surface area contributed by atoms with E-state index < -0.39 is 17.3 Å². The van der Waals surface area contributed by atoms with E-state index in [1.54, 1.807) is 18.5 Å². The highest BCUT2D eigenvalue weighted by atomic mass is 79.9. The SMILES string of the molecule is Br.Cn1cc(-c2n[nH]c(=O)n2-c2cn(NC(N)=S)c3ccc(F)cc23)c2cc(F)ccc21. The molecule has 0 saturated carbocycles. The number of nitrogens with one attached hydrogen (secondary N) is 2. The maximum atomic E-state index is 14.1. The molecule has 0 saturated heterocycles. The molecule has 0 bridgehead atoms. The van der Waals surface area contributed by atoms with E-state index in [9.17, 15) is 13.6 Å². The third-order valence-electron chi connectivity index (χ3n) is 5.08. The Morgan fingerprint density at radius 3 is 2.44 bits per heavy atom. The van der Waals surface area contributed by atoms with E-state index in [4.69, 9.17) is 18.0 Å². The number of nitrogens with zero attached hydrogens (tertiary/aromatic N) is 4. The van der Waals surface area contributed by atoms with Crippen LogP contribution in [0.5, 0.6) is 0 Å². The summed E-state index contributed by atoms with van der Waals surface area (Å²) in [6.45, 7) is 0. The van der Waals surface area contributed by atoms with Gasteiger partial charge in [-0.25, -0.2) is 23.2 Å². The van der Waals surface area contributed by atoms with Gasteiger partial charge in [-0.05, 0) is 48.6 Å². The van der Waals surface area contributed by atoms with Gasteiger partial charge in [0.05, 0.1) is 17.4 Å². The Morgan fingerprint density at radius 2 is 1.75 bits per heavy atom. The average molecular weight is 520 g/mol. The van der Waals surface area contributed by atoms with Gasteiger partial charge in [0.1, 0.15) is 11.6 Å². The molecule has 0 radical (unpaired) electrons. The van der Waals surface area contributed by atoms with Gasteiger partial charge >= 0.3 is 5.69 Å². The van der Waals surface area contributed by atoms with Crippen LogP contribution in [-0.4, -0.2) is 29.1 Å². The number of hydrogen-bond acceptors (Lipinski definition) is 3. The number of H-pyrrole nitrogens is 1. The molecule has 0 aliphatic carbocycles. The molecule has 5 rings (SSSR count). The number of rotatable bonds is 3. The van der Waals surface area contributed by atoms with E-state index in [0.29, 0.717) is 27.5 Å². The van der Waals surface area contributed by atoms with E-state index in [-0.39, 0.29) is 27.9 Å². The summed E-state index contributed by atoms with van der Waals surface area (Å²) in [5.74, 6) is -0.643. The molecule has 0 aliphatic heterocycles. The first-order valence-corrected chi connectivity index (χ1v) is 9.54. The molecule has 0 fully saturated rings. The molecule has 3 heterocycles. The summed E-state index contributed by atoms with van der Waals surface area (Å²) in [6.07, 6.45) is 3.32. The molecule has 12 heteroatoms. The Labute approximate surface area is 195 Å². The lowest BCUT2D eigenvalue weighted by atomic mass is 10.1. The van der Waals surface area contributed by atoms with Crippen LogP contribution in [0.2, 0.25) is 0 Å². The van der Waals surface area contributed by atoms with Crippen LogP contribution >= 0.6 is 29.2 Å². The van der Waals surface area contributed by atoms with Crippen molar-refractivity contribution in [3.8, 4) is 17.1 Å². The van der Waals surface area contributed by atoms with Crippen molar-refractivity contribution >= 4 is 56.1 Å². The summed E-state index contributed by atoms with van der Waals surface area (Å²) in [7, 11) is 1.81. The first kappa shape index (κ1) is 21.7. The molecule has 164 valence electrons. The summed E-state index contributed by atoms with van der Waals surface area (Å²) in [5.41, 5.74) is 10.0. The van der Waals surface area contributed by atoms with Gasteiger partial charge in [-0.1, -0.05) is 0 Å². The molecule has 5 aromatic rings. The van der Waals surface area contributed by atoms with Crippen molar-refractivity contribution < 1.29 is 8.78 Å². The third kappa shape index (κ3) is 3.37. The van der Waals surface area contributed by atoms with Crippen LogP contribution in [0.4, 0.5) is 8.78 Å². The molecule has 0 spiro atoms. The number of aryl methyl sites for hydroxylation is 1. The summed E-state index contributed by atoms with van der Waals surface area (Å²) in [5, 5.41) is 7.61. The fourth-order valence-corrected chi connectivity index (χ4v) is 3.92. The molecule has 4 N–H and O–H groups in total. The Hall–Kier alpha value is -3.51. The number of nitrogens with two attached hydrogens (primary N) is 1. The number of hydrogen-bond donors (Lipinski definition) is 3. The average Bonchev–Trinajstić information content (AvgIpc) is 3.35. The molecule has 0 amide bonds. The van der Waals surface area contributed by atoms with Crippen molar-refractivity contribution in [2.75, 3.05) is 5.43 Å². The lowest BCUT2D eigenvalue weighted by Gasteiger charge is -2.05. The van der Waals surface area contributed by atoms with Gasteiger partial charge in [-0.3, -0.25) is 10.1 Å². The number of fused-ring (bicyclic) bond motifs is 2. The number of thiocarbonyl (C=S) groups is 1. The molecule has 32 heavy (non-hydrogen) atoms. The van der Waals surface area contributed by atoms with E-state index in [1.165, 1.54) is 39.6 Å². The van der Waals surface area contributed by atoms with E-state index in [1.807, 2.05) is 11.6 Å². The standard InChI is InChI=1S/C20H15F2N7OS.BrH/c1-27-8-14(12-6-10(21)2-4-15(12)27)18-24-25-20(30)29(18)17-9-28(26-19(23)31)16-5-3-11(22)7-13(16)17;/h2-9H,1H3,(H,25,30)(H3,23,26,31);1H. The highest BCUT2D eigenvalue weighted by molar-refractivity contribution is 8.93. The summed E-state index contributed by atoms with van der Waals surface area (Å²) < 4.78 is 32.7. The number of aromatic nitrogens is 5. The van der Waals surface area contributed by atoms with Gasteiger partial charge < -0.3 is 10.3 Å². The Morgan fingerprint density at radius 1 is 1.09 bits per heavy atom. The maximum absolute atomic E-state index is 14.1. The zero-order valence-corrected chi connectivity index (χ0v) is 19.0. The minimum Gasteiger partial charge on any atom is -0.375 e. The van der Waals surface area contributed by atoms with Gasteiger partial charge in [-0.15, -0.1) is 17.0 Å². The summed E-state index contributed by atoms with van der Waals surface area (Å²) in [6, 6.07) is 8.52. The molecule has 0 atom stereocenters. The van der Waals surface area contributed by atoms with Crippen molar-refractivity contribution in [3.63, 3.8) is 0 Å². The zero-order chi connectivity index (χ0) is 21.9. The van der Waals surface area contributed by atoms with Gasteiger partial charge in [0, 0.05) is 35.1 Å². The Bertz CT molecular complexity index is 1570. The van der Waals surface area contributed by atoms with Crippen LogP contribution in [-0.2, 0) is 7.05 Å². The van der Waals surface area contributed by atoms with Crippen LogP contribution in [0.1, 0.15) is 0 Å². The quantitative estimate of drug-likeness (QED) is 0.317. The number of benzene rings is 2. The normalized spacial score (nSPS) is 11.1. The molecule has 2 aromatic carbocycles. The van der Waals surface area contributed by atoms with Crippen LogP contribution in [0, 0.1) is 11.6 Å². The molecule has 0 aliphatic rings. The second-order valence-electron chi connectivity index (χ2n) is 7.02. The minimum absolute atomic E-state index is 0.